The standard InChI is InChI=1S/C30H22Cl2N2O5S/c1-38-29(36)23-24-20-11-7-6-8-17(20)14-15-34(24)25(26(35)18-9-4-3-5-10-18)28(40-27(23)30(37)39-2)33-22-13-12-19(31)16-21(22)32/h3-16,24,33H,1-2H3. The number of ether oxygens (including phenoxy) is 2. The van der Waals surface area contributed by atoms with Gasteiger partial charge in [-0.2, -0.15) is 0 Å². The van der Waals surface area contributed by atoms with E-state index < -0.39 is 18.0 Å². The van der Waals surface area contributed by atoms with Gasteiger partial charge in [-0.05, 0) is 35.4 Å². The third kappa shape index (κ3) is 5.13. The number of carbonyl (C=O) groups excluding carboxylic acids is 3. The molecule has 0 saturated heterocycles. The summed E-state index contributed by atoms with van der Waals surface area (Å²) in [6.45, 7) is 0. The highest BCUT2D eigenvalue weighted by Crippen LogP contribution is 2.48. The maximum Gasteiger partial charge on any atom is 0.345 e. The van der Waals surface area contributed by atoms with Crippen LogP contribution in [-0.2, 0) is 19.1 Å². The van der Waals surface area contributed by atoms with Crippen molar-refractivity contribution in [1.29, 1.82) is 0 Å². The normalized spacial score (nSPS) is 16.1. The highest BCUT2D eigenvalue weighted by molar-refractivity contribution is 8.07. The lowest BCUT2D eigenvalue weighted by Gasteiger charge is -2.36. The summed E-state index contributed by atoms with van der Waals surface area (Å²) in [5.41, 5.74) is 2.61. The number of rotatable bonds is 6. The van der Waals surface area contributed by atoms with Crippen LogP contribution in [0.1, 0.15) is 27.5 Å². The Morgan fingerprint density at radius 2 is 1.60 bits per heavy atom. The Kier molecular flexibility index (Phi) is 8.02. The Bertz CT molecular complexity index is 1620. The maximum absolute atomic E-state index is 14.3. The molecule has 2 aliphatic heterocycles. The van der Waals surface area contributed by atoms with Crippen molar-refractivity contribution in [3.63, 3.8) is 0 Å². The molecule has 0 saturated carbocycles. The first-order valence-corrected chi connectivity index (χ1v) is 13.6. The number of carbonyl (C=O) groups is 3. The molecule has 0 fully saturated rings. The monoisotopic (exact) mass is 592 g/mol. The van der Waals surface area contributed by atoms with Crippen LogP contribution in [0.5, 0.6) is 0 Å². The van der Waals surface area contributed by atoms with Gasteiger partial charge in [0.25, 0.3) is 0 Å². The molecule has 2 aliphatic rings. The fraction of sp³-hybridized carbons (Fsp3) is 0.100. The molecule has 202 valence electrons. The molecule has 1 N–H and O–H groups in total. The van der Waals surface area contributed by atoms with Gasteiger partial charge in [-0.1, -0.05) is 89.6 Å². The Morgan fingerprint density at radius 3 is 2.30 bits per heavy atom. The number of esters is 2. The molecule has 40 heavy (non-hydrogen) atoms. The van der Waals surface area contributed by atoms with Crippen molar-refractivity contribution in [3.8, 4) is 0 Å². The first-order chi connectivity index (χ1) is 19.3. The molecular weight excluding hydrogens is 571 g/mol. The summed E-state index contributed by atoms with van der Waals surface area (Å²) in [5, 5.41) is 4.20. The Hall–Kier alpha value is -3.98. The van der Waals surface area contributed by atoms with Crippen LogP contribution < -0.4 is 5.32 Å². The summed E-state index contributed by atoms with van der Waals surface area (Å²) in [4.78, 5) is 42.6. The van der Waals surface area contributed by atoms with Crippen LogP contribution in [-0.4, -0.2) is 36.8 Å². The van der Waals surface area contributed by atoms with E-state index in [1.165, 1.54) is 14.2 Å². The van der Waals surface area contributed by atoms with Gasteiger partial charge in [0.2, 0.25) is 5.78 Å². The number of nitrogens with zero attached hydrogens (tertiary/aromatic N) is 1. The van der Waals surface area contributed by atoms with Gasteiger partial charge in [-0.3, -0.25) is 4.79 Å². The summed E-state index contributed by atoms with van der Waals surface area (Å²) in [6.07, 6.45) is 3.57. The van der Waals surface area contributed by atoms with E-state index >= 15 is 0 Å². The van der Waals surface area contributed by atoms with Crippen molar-refractivity contribution in [1.82, 2.24) is 4.90 Å². The quantitative estimate of drug-likeness (QED) is 0.246. The summed E-state index contributed by atoms with van der Waals surface area (Å²) in [6, 6.07) is 20.2. The molecule has 3 aromatic carbocycles. The Labute approximate surface area is 245 Å². The van der Waals surface area contributed by atoms with Gasteiger partial charge in [0.15, 0.2) is 0 Å². The van der Waals surface area contributed by atoms with Crippen LogP contribution in [0.2, 0.25) is 10.0 Å². The first-order valence-electron chi connectivity index (χ1n) is 12.0. The zero-order valence-electron chi connectivity index (χ0n) is 21.3. The molecule has 1 unspecified atom stereocenters. The van der Waals surface area contributed by atoms with Gasteiger partial charge in [-0.15, -0.1) is 0 Å². The summed E-state index contributed by atoms with van der Waals surface area (Å²) >= 11 is 13.5. The minimum atomic E-state index is -0.877. The number of hydrogen-bond acceptors (Lipinski definition) is 8. The molecule has 0 aliphatic carbocycles. The Balaban J connectivity index is 1.83. The lowest BCUT2D eigenvalue weighted by molar-refractivity contribution is -0.139. The minimum absolute atomic E-state index is 0.0297. The van der Waals surface area contributed by atoms with Crippen LogP contribution in [0.3, 0.4) is 0 Å². The average Bonchev–Trinajstić information content (AvgIpc) is 3.12. The molecule has 0 radical (unpaired) electrons. The van der Waals surface area contributed by atoms with Crippen molar-refractivity contribution in [2.75, 3.05) is 19.5 Å². The number of allylic oxidation sites excluding steroid dienone is 1. The van der Waals surface area contributed by atoms with Crippen molar-refractivity contribution in [2.24, 2.45) is 0 Å². The molecular formula is C30H22Cl2N2O5S. The van der Waals surface area contributed by atoms with Crippen molar-refractivity contribution in [3.05, 3.63) is 127 Å². The predicted molar refractivity (Wildman–Crippen MR) is 157 cm³/mol. The molecule has 2 heterocycles. The number of halogens is 2. The second-order valence-electron chi connectivity index (χ2n) is 8.70. The van der Waals surface area contributed by atoms with Gasteiger partial charge >= 0.3 is 11.9 Å². The van der Waals surface area contributed by atoms with E-state index in [1.54, 1.807) is 53.6 Å². The van der Waals surface area contributed by atoms with Crippen molar-refractivity contribution < 1.29 is 23.9 Å². The number of benzene rings is 3. The zero-order chi connectivity index (χ0) is 28.4. The third-order valence-corrected chi connectivity index (χ3v) is 8.02. The van der Waals surface area contributed by atoms with Crippen LogP contribution in [0.25, 0.3) is 6.08 Å². The average molecular weight is 593 g/mol. The lowest BCUT2D eigenvalue weighted by atomic mass is 9.89. The van der Waals surface area contributed by atoms with Crippen LogP contribution in [0.15, 0.2) is 100 Å². The highest BCUT2D eigenvalue weighted by Gasteiger charge is 2.43. The van der Waals surface area contributed by atoms with Crippen LogP contribution in [0, 0.1) is 0 Å². The minimum Gasteiger partial charge on any atom is -0.466 e. The predicted octanol–water partition coefficient (Wildman–Crippen LogP) is 6.83. The number of nitrogens with one attached hydrogen (secondary N) is 1. The molecule has 5 rings (SSSR count). The molecule has 0 amide bonds. The summed E-state index contributed by atoms with van der Waals surface area (Å²) < 4.78 is 10.3. The lowest BCUT2D eigenvalue weighted by Crippen LogP contribution is -2.34. The Morgan fingerprint density at radius 1 is 0.900 bits per heavy atom. The topological polar surface area (TPSA) is 84.9 Å². The zero-order valence-corrected chi connectivity index (χ0v) is 23.6. The molecule has 3 aromatic rings. The number of fused-ring (bicyclic) bond motifs is 3. The smallest absolute Gasteiger partial charge is 0.345 e. The number of anilines is 1. The van der Waals surface area contributed by atoms with Crippen LogP contribution in [0.4, 0.5) is 5.69 Å². The number of Topliss-reactive ketones (excluding diaryl/α,β-unsaturated/α-hetero) is 1. The fourth-order valence-electron chi connectivity index (χ4n) is 4.56. The van der Waals surface area contributed by atoms with Crippen LogP contribution >= 0.6 is 35.0 Å². The van der Waals surface area contributed by atoms with Gasteiger partial charge < -0.3 is 19.7 Å². The second kappa shape index (κ2) is 11.6. The molecule has 0 aromatic heterocycles. The van der Waals surface area contributed by atoms with E-state index in [0.29, 0.717) is 26.9 Å². The molecule has 0 spiro atoms. The SMILES string of the molecule is COC(=O)C1=C(C(=O)OC)C2c3ccccc3C=CN2C(C(=O)c2ccccc2)=C(Nc2ccc(Cl)cc2Cl)S1. The molecule has 1 atom stereocenters. The number of thioether (sulfide) groups is 1. The van der Waals surface area contributed by atoms with Crippen molar-refractivity contribution in [2.45, 2.75) is 6.04 Å². The van der Waals surface area contributed by atoms with E-state index in [2.05, 4.69) is 5.32 Å². The largest absolute Gasteiger partial charge is 0.466 e. The number of ketones is 1. The summed E-state index contributed by atoms with van der Waals surface area (Å²) in [5.74, 6) is -1.83. The molecule has 0 bridgehead atoms. The van der Waals surface area contributed by atoms with E-state index in [1.807, 2.05) is 36.4 Å². The molecule has 7 nitrogen and oxygen atoms in total. The summed E-state index contributed by atoms with van der Waals surface area (Å²) in [7, 11) is 2.47. The third-order valence-electron chi connectivity index (χ3n) is 6.39. The van der Waals surface area contributed by atoms with Gasteiger partial charge in [-0.25, -0.2) is 9.59 Å². The second-order valence-corrected chi connectivity index (χ2v) is 10.6. The van der Waals surface area contributed by atoms with Gasteiger partial charge in [0.1, 0.15) is 15.6 Å². The number of hydrogen-bond donors (Lipinski definition) is 1. The highest BCUT2D eigenvalue weighted by atomic mass is 35.5. The van der Waals surface area contributed by atoms with E-state index in [0.717, 1.165) is 17.3 Å². The van der Waals surface area contributed by atoms with E-state index in [4.69, 9.17) is 32.7 Å². The van der Waals surface area contributed by atoms with Gasteiger partial charge in [0, 0.05) is 16.8 Å². The number of methoxy groups -OCH3 is 2. The molecule has 10 heteroatoms. The van der Waals surface area contributed by atoms with E-state index in [-0.39, 0.29) is 27.0 Å². The van der Waals surface area contributed by atoms with Crippen molar-refractivity contribution >= 4 is 64.4 Å². The first kappa shape index (κ1) is 27.6. The fourth-order valence-corrected chi connectivity index (χ4v) is 6.14. The van der Waals surface area contributed by atoms with E-state index in [9.17, 15) is 14.4 Å². The van der Waals surface area contributed by atoms with Gasteiger partial charge in [0.05, 0.1) is 36.5 Å². The maximum atomic E-state index is 14.3.